The highest BCUT2D eigenvalue weighted by atomic mass is 35.5. The third-order valence-corrected chi connectivity index (χ3v) is 3.41. The molecule has 0 atom stereocenters. The van der Waals surface area contributed by atoms with Crippen molar-refractivity contribution >= 4 is 17.3 Å². The van der Waals surface area contributed by atoms with Gasteiger partial charge in [0.2, 0.25) is 0 Å². The second kappa shape index (κ2) is 4.93. The zero-order chi connectivity index (χ0) is 11.5. The van der Waals surface area contributed by atoms with E-state index in [1.807, 2.05) is 19.2 Å². The van der Waals surface area contributed by atoms with Gasteiger partial charge in [-0.25, -0.2) is 0 Å². The maximum Gasteiger partial charge on any atom is 0.140 e. The minimum Gasteiger partial charge on any atom is -0.506 e. The molecule has 1 fully saturated rings. The Labute approximate surface area is 101 Å². The maximum absolute atomic E-state index is 9.85. The number of hydrogen-bond donors (Lipinski definition) is 2. The van der Waals surface area contributed by atoms with Crippen LogP contribution in [0.2, 0.25) is 5.02 Å². The maximum atomic E-state index is 9.85. The highest BCUT2D eigenvalue weighted by Crippen LogP contribution is 2.31. The van der Waals surface area contributed by atoms with Crippen molar-refractivity contribution in [2.24, 2.45) is 0 Å². The number of nitrogens with zero attached hydrogens (tertiary/aromatic N) is 1. The Balaban J connectivity index is 2.15. The monoisotopic (exact) mass is 240 g/mol. The number of aromatic hydroxyl groups is 1. The van der Waals surface area contributed by atoms with Crippen molar-refractivity contribution in [1.29, 1.82) is 0 Å². The van der Waals surface area contributed by atoms with E-state index in [1.165, 1.54) is 0 Å². The molecule has 0 saturated carbocycles. The highest BCUT2D eigenvalue weighted by molar-refractivity contribution is 6.30. The number of phenols is 1. The van der Waals surface area contributed by atoms with Crippen molar-refractivity contribution in [2.75, 3.05) is 25.0 Å². The largest absolute Gasteiger partial charge is 0.506 e. The van der Waals surface area contributed by atoms with Gasteiger partial charge >= 0.3 is 0 Å². The normalized spacial score (nSPS) is 17.4. The molecule has 0 aromatic heterocycles. The zero-order valence-electron chi connectivity index (χ0n) is 9.41. The van der Waals surface area contributed by atoms with E-state index < -0.39 is 0 Å². The summed E-state index contributed by atoms with van der Waals surface area (Å²) in [5.41, 5.74) is 0.858. The number of piperidine rings is 1. The van der Waals surface area contributed by atoms with Crippen LogP contribution in [-0.2, 0) is 0 Å². The number of benzene rings is 1. The highest BCUT2D eigenvalue weighted by Gasteiger charge is 2.19. The Morgan fingerprint density at radius 3 is 2.69 bits per heavy atom. The molecule has 2 N–H and O–H groups in total. The number of anilines is 1. The lowest BCUT2D eigenvalue weighted by molar-refractivity contribution is 0.433. The Hall–Kier alpha value is -0.930. The van der Waals surface area contributed by atoms with Crippen LogP contribution >= 0.6 is 11.6 Å². The minimum absolute atomic E-state index is 0.258. The van der Waals surface area contributed by atoms with E-state index in [4.69, 9.17) is 11.6 Å². The van der Waals surface area contributed by atoms with Gasteiger partial charge in [-0.15, -0.1) is 0 Å². The molecule has 3 nitrogen and oxygen atoms in total. The first-order valence-corrected chi connectivity index (χ1v) is 5.98. The molecule has 2 rings (SSSR count). The van der Waals surface area contributed by atoms with Crippen LogP contribution in [0.4, 0.5) is 5.69 Å². The van der Waals surface area contributed by atoms with Crippen molar-refractivity contribution in [3.05, 3.63) is 23.2 Å². The van der Waals surface area contributed by atoms with Gasteiger partial charge in [0, 0.05) is 24.2 Å². The molecule has 0 aliphatic carbocycles. The molecule has 0 amide bonds. The average Bonchev–Trinajstić information content (AvgIpc) is 2.29. The number of halogens is 1. The first kappa shape index (κ1) is 11.6. The van der Waals surface area contributed by atoms with Gasteiger partial charge in [-0.3, -0.25) is 0 Å². The third-order valence-electron chi connectivity index (χ3n) is 3.17. The van der Waals surface area contributed by atoms with Crippen LogP contribution in [0.1, 0.15) is 12.8 Å². The quantitative estimate of drug-likeness (QED) is 0.832. The van der Waals surface area contributed by atoms with Crippen molar-refractivity contribution in [1.82, 2.24) is 5.32 Å². The van der Waals surface area contributed by atoms with E-state index in [0.717, 1.165) is 31.6 Å². The van der Waals surface area contributed by atoms with Crippen LogP contribution in [0.15, 0.2) is 18.2 Å². The van der Waals surface area contributed by atoms with Crippen LogP contribution in [-0.4, -0.2) is 31.3 Å². The van der Waals surface area contributed by atoms with Crippen LogP contribution in [0.25, 0.3) is 0 Å². The Morgan fingerprint density at radius 1 is 1.38 bits per heavy atom. The smallest absolute Gasteiger partial charge is 0.140 e. The summed E-state index contributed by atoms with van der Waals surface area (Å²) in [6.45, 7) is 2.09. The Kier molecular flexibility index (Phi) is 3.56. The Morgan fingerprint density at radius 2 is 2.06 bits per heavy atom. The molecule has 0 radical (unpaired) electrons. The summed E-state index contributed by atoms with van der Waals surface area (Å²) in [7, 11) is 2.03. The SMILES string of the molecule is CN(c1ccc(Cl)cc1O)C1CCNCC1. The lowest BCUT2D eigenvalue weighted by Gasteiger charge is -2.33. The fourth-order valence-corrected chi connectivity index (χ4v) is 2.35. The molecule has 0 bridgehead atoms. The fraction of sp³-hybridized carbons (Fsp3) is 0.500. The second-order valence-corrected chi connectivity index (χ2v) is 4.66. The molecule has 1 saturated heterocycles. The topological polar surface area (TPSA) is 35.5 Å². The molecule has 88 valence electrons. The van der Waals surface area contributed by atoms with Crippen LogP contribution in [0.3, 0.4) is 0 Å². The van der Waals surface area contributed by atoms with E-state index in [9.17, 15) is 5.11 Å². The number of nitrogens with one attached hydrogen (secondary N) is 1. The molecule has 1 aromatic carbocycles. The summed E-state index contributed by atoms with van der Waals surface area (Å²) in [5, 5.41) is 13.8. The summed E-state index contributed by atoms with van der Waals surface area (Å²) in [6, 6.07) is 5.77. The van der Waals surface area contributed by atoms with E-state index >= 15 is 0 Å². The summed E-state index contributed by atoms with van der Waals surface area (Å²) in [5.74, 6) is 0.258. The minimum atomic E-state index is 0.258. The standard InChI is InChI=1S/C12H17ClN2O/c1-15(10-4-6-14-7-5-10)11-3-2-9(13)8-12(11)16/h2-3,8,10,14,16H,4-7H2,1H3. The van der Waals surface area contributed by atoms with E-state index in [1.54, 1.807) is 6.07 Å². The van der Waals surface area contributed by atoms with Gasteiger partial charge in [-0.2, -0.15) is 0 Å². The number of phenolic OH excluding ortho intramolecular Hbond substituents is 1. The lowest BCUT2D eigenvalue weighted by atomic mass is 10.0. The molecular formula is C12H17ClN2O. The van der Waals surface area contributed by atoms with Gasteiger partial charge in [0.05, 0.1) is 5.69 Å². The molecule has 0 spiro atoms. The molecule has 1 aliphatic heterocycles. The summed E-state index contributed by atoms with van der Waals surface area (Å²) in [6.07, 6.45) is 2.22. The summed E-state index contributed by atoms with van der Waals surface area (Å²) >= 11 is 5.82. The molecule has 1 aromatic rings. The van der Waals surface area contributed by atoms with E-state index in [2.05, 4.69) is 10.2 Å². The van der Waals surface area contributed by atoms with E-state index in [0.29, 0.717) is 11.1 Å². The lowest BCUT2D eigenvalue weighted by Crippen LogP contribution is -2.41. The molecule has 1 aliphatic rings. The molecule has 1 heterocycles. The third kappa shape index (κ3) is 2.42. The number of hydrogen-bond acceptors (Lipinski definition) is 3. The van der Waals surface area contributed by atoms with Crippen molar-refractivity contribution in [3.63, 3.8) is 0 Å². The predicted molar refractivity (Wildman–Crippen MR) is 67.4 cm³/mol. The average molecular weight is 241 g/mol. The molecule has 0 unspecified atom stereocenters. The van der Waals surface area contributed by atoms with Gasteiger partial charge < -0.3 is 15.3 Å². The molecular weight excluding hydrogens is 224 g/mol. The van der Waals surface area contributed by atoms with Crippen LogP contribution in [0, 0.1) is 0 Å². The van der Waals surface area contributed by atoms with Gasteiger partial charge in [-0.05, 0) is 38.1 Å². The first-order valence-electron chi connectivity index (χ1n) is 5.60. The van der Waals surface area contributed by atoms with Gasteiger partial charge in [0.15, 0.2) is 0 Å². The fourth-order valence-electron chi connectivity index (χ4n) is 2.19. The Bertz CT molecular complexity index is 364. The predicted octanol–water partition coefficient (Wildman–Crippen LogP) is 2.23. The van der Waals surface area contributed by atoms with Crippen LogP contribution < -0.4 is 10.2 Å². The summed E-state index contributed by atoms with van der Waals surface area (Å²) < 4.78 is 0. The van der Waals surface area contributed by atoms with Crippen molar-refractivity contribution < 1.29 is 5.11 Å². The zero-order valence-corrected chi connectivity index (χ0v) is 10.2. The number of rotatable bonds is 2. The van der Waals surface area contributed by atoms with E-state index in [-0.39, 0.29) is 5.75 Å². The van der Waals surface area contributed by atoms with Crippen LogP contribution in [0.5, 0.6) is 5.75 Å². The first-order chi connectivity index (χ1) is 7.68. The van der Waals surface area contributed by atoms with Crippen molar-refractivity contribution in [3.8, 4) is 5.75 Å². The van der Waals surface area contributed by atoms with Gasteiger partial charge in [-0.1, -0.05) is 11.6 Å². The van der Waals surface area contributed by atoms with Gasteiger partial charge in [0.25, 0.3) is 0 Å². The molecule has 4 heteroatoms. The molecule has 16 heavy (non-hydrogen) atoms. The van der Waals surface area contributed by atoms with Crippen molar-refractivity contribution in [2.45, 2.75) is 18.9 Å². The van der Waals surface area contributed by atoms with Gasteiger partial charge in [0.1, 0.15) is 5.75 Å². The summed E-state index contributed by atoms with van der Waals surface area (Å²) in [4.78, 5) is 2.15. The second-order valence-electron chi connectivity index (χ2n) is 4.23.